The van der Waals surface area contributed by atoms with Gasteiger partial charge in [-0.2, -0.15) is 0 Å². The second kappa shape index (κ2) is 11.9. The number of alkyl halides is 1. The van der Waals surface area contributed by atoms with Crippen LogP contribution in [0.25, 0.3) is 11.0 Å². The maximum atomic E-state index is 15.7. The van der Waals surface area contributed by atoms with E-state index in [-0.39, 0.29) is 30.4 Å². The van der Waals surface area contributed by atoms with Crippen LogP contribution in [0.2, 0.25) is 0 Å². The summed E-state index contributed by atoms with van der Waals surface area (Å²) in [5.41, 5.74) is 3.78. The monoisotopic (exact) mass is 641 g/mol. The molecule has 3 aliphatic rings. The summed E-state index contributed by atoms with van der Waals surface area (Å²) >= 11 is 0. The van der Waals surface area contributed by atoms with Crippen LogP contribution in [0, 0.1) is 16.0 Å². The van der Waals surface area contributed by atoms with Gasteiger partial charge in [-0.05, 0) is 49.6 Å². The summed E-state index contributed by atoms with van der Waals surface area (Å²) in [6.07, 6.45) is 9.50. The number of nitrogens with one attached hydrogen (secondary N) is 1. The van der Waals surface area contributed by atoms with Crippen molar-refractivity contribution >= 4 is 32.5 Å². The van der Waals surface area contributed by atoms with E-state index < -0.39 is 54.4 Å². The van der Waals surface area contributed by atoms with Gasteiger partial charge >= 0.3 is 5.69 Å². The molecule has 13 nitrogen and oxygen atoms in total. The summed E-state index contributed by atoms with van der Waals surface area (Å²) in [6.45, 7) is 1.88. The molecule has 45 heavy (non-hydrogen) atoms. The van der Waals surface area contributed by atoms with Crippen molar-refractivity contribution in [1.82, 2.24) is 14.9 Å². The molecule has 15 heteroatoms. The number of amides is 1. The number of carbonyl (C=O) groups is 1. The number of primary amides is 1. The Morgan fingerprint density at radius 2 is 2.04 bits per heavy atom. The molecule has 4 heterocycles. The highest BCUT2D eigenvalue weighted by Gasteiger charge is 2.54. The van der Waals surface area contributed by atoms with Gasteiger partial charge in [0, 0.05) is 43.4 Å². The van der Waals surface area contributed by atoms with Crippen LogP contribution in [0.3, 0.4) is 0 Å². The van der Waals surface area contributed by atoms with E-state index >= 15 is 4.39 Å². The number of fused-ring (bicyclic) bond motifs is 1. The number of likely N-dealkylation sites (tertiary alicyclic amines) is 1. The Hall–Kier alpha value is -4.34. The number of aromatic amines is 1. The Labute approximate surface area is 257 Å². The predicted molar refractivity (Wildman–Crippen MR) is 160 cm³/mol. The van der Waals surface area contributed by atoms with Crippen LogP contribution < -0.4 is 15.2 Å². The van der Waals surface area contributed by atoms with Crippen LogP contribution in [0.5, 0.6) is 11.5 Å². The Morgan fingerprint density at radius 1 is 1.24 bits per heavy atom. The molecule has 1 aromatic carbocycles. The van der Waals surface area contributed by atoms with Crippen molar-refractivity contribution in [3.63, 3.8) is 0 Å². The number of sulfone groups is 1. The van der Waals surface area contributed by atoms with Gasteiger partial charge in [0.25, 0.3) is 0 Å². The summed E-state index contributed by atoms with van der Waals surface area (Å²) in [6, 6.07) is 6.54. The topological polar surface area (TPSA) is 180 Å². The van der Waals surface area contributed by atoms with Crippen LogP contribution in [-0.2, 0) is 19.4 Å². The molecule has 2 saturated heterocycles. The molecular formula is C30H32FN5O8S. The van der Waals surface area contributed by atoms with Crippen molar-refractivity contribution in [3.05, 3.63) is 77.1 Å². The minimum Gasteiger partial charge on any atom is -0.483 e. The average Bonchev–Trinajstić information content (AvgIpc) is 3.73. The standard InChI is InChI=1S/C30H32FN5O8S/c31-29(9-12-35(13-10-29)21-7-14-42-18-21)19-43-26-5-4-23(16-25(26)36(38)39)45(40,41)30(8-2-1-3-24(30)27(32)37)44-22-15-20-6-11-33-28(20)34-17-22/h1-6,8,11,15-17,21,24H,7,9-10,12-14,18-19H2,(H2,32,37)(H,33,34). The number of pyridine rings is 1. The van der Waals surface area contributed by atoms with E-state index in [9.17, 15) is 23.3 Å². The Kier molecular flexibility index (Phi) is 8.09. The van der Waals surface area contributed by atoms with Crippen LogP contribution in [0.15, 0.2) is 71.9 Å². The van der Waals surface area contributed by atoms with Crippen molar-refractivity contribution in [2.75, 3.05) is 32.9 Å². The molecule has 6 rings (SSSR count). The number of halogens is 1. The number of aromatic nitrogens is 2. The van der Waals surface area contributed by atoms with Crippen molar-refractivity contribution < 1.29 is 36.7 Å². The van der Waals surface area contributed by atoms with Gasteiger partial charge < -0.3 is 24.9 Å². The molecule has 238 valence electrons. The number of piperidine rings is 1. The molecule has 0 radical (unpaired) electrons. The van der Waals surface area contributed by atoms with Crippen LogP contribution in [0.4, 0.5) is 10.1 Å². The molecule has 2 fully saturated rings. The minimum atomic E-state index is -4.74. The summed E-state index contributed by atoms with van der Waals surface area (Å²) in [5, 5.41) is 12.7. The zero-order valence-corrected chi connectivity index (χ0v) is 25.0. The van der Waals surface area contributed by atoms with Gasteiger partial charge in [0.05, 0.1) is 22.6 Å². The number of rotatable bonds is 10. The van der Waals surface area contributed by atoms with Gasteiger partial charge in [-0.3, -0.25) is 19.8 Å². The largest absolute Gasteiger partial charge is 0.483 e. The summed E-state index contributed by atoms with van der Waals surface area (Å²) < 4.78 is 61.5. The van der Waals surface area contributed by atoms with E-state index in [1.807, 2.05) is 0 Å². The number of nitro groups is 1. The molecule has 3 aromatic rings. The SMILES string of the molecule is NC(=O)C1C=CC=CC1(Oc1cnc2[nH]ccc2c1)S(=O)(=O)c1ccc(OCC2(F)CCN(C3CCOC3)CC2)c([N+](=O)[O-])c1. The van der Waals surface area contributed by atoms with Crippen molar-refractivity contribution in [2.45, 2.75) is 40.8 Å². The minimum absolute atomic E-state index is 0.0195. The number of hydrogen-bond acceptors (Lipinski definition) is 10. The number of carbonyl (C=O) groups excluding carboxylic acids is 1. The highest BCUT2D eigenvalue weighted by molar-refractivity contribution is 7.93. The predicted octanol–water partition coefficient (Wildman–Crippen LogP) is 3.22. The highest BCUT2D eigenvalue weighted by Crippen LogP contribution is 2.42. The molecule has 0 saturated carbocycles. The van der Waals surface area contributed by atoms with Gasteiger partial charge in [-0.25, -0.2) is 17.8 Å². The summed E-state index contributed by atoms with van der Waals surface area (Å²) in [5.74, 6) is -2.77. The lowest BCUT2D eigenvalue weighted by atomic mass is 9.93. The maximum Gasteiger partial charge on any atom is 0.312 e. The lowest BCUT2D eigenvalue weighted by molar-refractivity contribution is -0.386. The Balaban J connectivity index is 1.28. The fourth-order valence-corrected chi connectivity index (χ4v) is 7.90. The van der Waals surface area contributed by atoms with Gasteiger partial charge in [0.2, 0.25) is 20.7 Å². The number of nitrogens with zero attached hydrogens (tertiary/aromatic N) is 3. The lowest BCUT2D eigenvalue weighted by Gasteiger charge is -2.38. The number of hydrogen-bond donors (Lipinski definition) is 2. The summed E-state index contributed by atoms with van der Waals surface area (Å²) in [4.78, 5) is 30.3. The molecule has 3 unspecified atom stereocenters. The third-order valence-corrected chi connectivity index (χ3v) is 10.8. The van der Waals surface area contributed by atoms with Crippen molar-refractivity contribution in [1.29, 1.82) is 0 Å². The zero-order chi connectivity index (χ0) is 31.8. The Morgan fingerprint density at radius 3 is 2.76 bits per heavy atom. The van der Waals surface area contributed by atoms with E-state index in [2.05, 4.69) is 14.9 Å². The number of ether oxygens (including phenoxy) is 3. The quantitative estimate of drug-likeness (QED) is 0.247. The number of allylic oxidation sites excluding steroid dienone is 2. The molecular weight excluding hydrogens is 609 g/mol. The van der Waals surface area contributed by atoms with Crippen molar-refractivity contribution in [3.8, 4) is 11.5 Å². The second-order valence-electron chi connectivity index (χ2n) is 11.4. The van der Waals surface area contributed by atoms with Crippen LogP contribution in [0.1, 0.15) is 19.3 Å². The fraction of sp³-hybridized carbons (Fsp3) is 0.400. The van der Waals surface area contributed by atoms with Gasteiger partial charge in [-0.1, -0.05) is 18.2 Å². The lowest BCUT2D eigenvalue weighted by Crippen LogP contribution is -2.53. The van der Waals surface area contributed by atoms with Gasteiger partial charge in [-0.15, -0.1) is 0 Å². The van der Waals surface area contributed by atoms with Crippen LogP contribution in [-0.4, -0.2) is 83.7 Å². The third-order valence-electron chi connectivity index (χ3n) is 8.60. The molecule has 3 atom stereocenters. The first-order valence-electron chi connectivity index (χ1n) is 14.5. The average molecular weight is 642 g/mol. The third kappa shape index (κ3) is 5.78. The second-order valence-corrected chi connectivity index (χ2v) is 13.5. The number of nitro benzene ring substituents is 1. The van der Waals surface area contributed by atoms with Crippen molar-refractivity contribution in [2.24, 2.45) is 11.7 Å². The molecule has 0 bridgehead atoms. The molecule has 2 aromatic heterocycles. The highest BCUT2D eigenvalue weighted by atomic mass is 32.2. The number of benzene rings is 1. The normalized spacial score (nSPS) is 24.9. The Bertz CT molecular complexity index is 1780. The van der Waals surface area contributed by atoms with E-state index in [4.69, 9.17) is 19.9 Å². The fourth-order valence-electron chi connectivity index (χ4n) is 6.03. The molecule has 1 amide bonds. The maximum absolute atomic E-state index is 15.7. The number of nitrogens with two attached hydrogens (primary N) is 1. The van der Waals surface area contributed by atoms with E-state index in [0.29, 0.717) is 37.3 Å². The molecule has 0 spiro atoms. The first-order valence-corrected chi connectivity index (χ1v) is 15.9. The smallest absolute Gasteiger partial charge is 0.312 e. The van der Waals surface area contributed by atoms with Gasteiger partial charge in [0.15, 0.2) is 5.75 Å². The first-order chi connectivity index (χ1) is 21.5. The molecule has 2 aliphatic heterocycles. The molecule has 3 N–H and O–H groups in total. The molecule has 1 aliphatic carbocycles. The zero-order valence-electron chi connectivity index (χ0n) is 24.1. The van der Waals surface area contributed by atoms with E-state index in [0.717, 1.165) is 24.6 Å². The van der Waals surface area contributed by atoms with E-state index in [1.54, 1.807) is 18.3 Å². The first kappa shape index (κ1) is 30.7. The van der Waals surface area contributed by atoms with Crippen LogP contribution >= 0.6 is 0 Å². The summed E-state index contributed by atoms with van der Waals surface area (Å²) in [7, 11) is -4.74. The van der Waals surface area contributed by atoms with Gasteiger partial charge in [0.1, 0.15) is 29.6 Å². The number of H-pyrrole nitrogens is 1. The van der Waals surface area contributed by atoms with E-state index in [1.165, 1.54) is 30.5 Å².